The molecule has 3 aromatic rings. The van der Waals surface area contributed by atoms with Gasteiger partial charge in [-0.05, 0) is 60.2 Å². The van der Waals surface area contributed by atoms with Crippen molar-refractivity contribution >= 4 is 40.6 Å². The van der Waals surface area contributed by atoms with E-state index in [9.17, 15) is 14.7 Å². The maximum atomic E-state index is 12.3. The molecular formula is C25H20N2O4S. The van der Waals surface area contributed by atoms with Crippen molar-refractivity contribution in [2.45, 2.75) is 13.5 Å². The van der Waals surface area contributed by atoms with Crippen LogP contribution < -0.4 is 10.1 Å². The second kappa shape index (κ2) is 9.53. The van der Waals surface area contributed by atoms with Gasteiger partial charge in [0.15, 0.2) is 5.17 Å². The SMILES string of the molecule is Cc1ccc(COc2ccc(C=C3SC(=Nc4ccccc4C(=O)O)NC3=O)cc2)cc1. The number of hydrogen-bond acceptors (Lipinski definition) is 5. The van der Waals surface area contributed by atoms with Crippen molar-refractivity contribution in [2.75, 3.05) is 0 Å². The van der Waals surface area contributed by atoms with Crippen LogP contribution in [0.25, 0.3) is 6.08 Å². The Morgan fingerprint density at radius 2 is 1.78 bits per heavy atom. The Hall–Kier alpha value is -3.84. The fourth-order valence-electron chi connectivity index (χ4n) is 3.00. The fraction of sp³-hybridized carbons (Fsp3) is 0.0800. The van der Waals surface area contributed by atoms with Crippen LogP contribution in [-0.4, -0.2) is 22.2 Å². The number of rotatable bonds is 6. The standard InChI is InChI=1S/C25H20N2O4S/c1-16-6-8-18(9-7-16)15-31-19-12-10-17(11-13-19)14-22-23(28)27-25(32-22)26-21-5-3-2-4-20(21)24(29)30/h2-14H,15H2,1H3,(H,29,30)(H,26,27,28). The van der Waals surface area contributed by atoms with Crippen LogP contribution in [0.5, 0.6) is 5.75 Å². The van der Waals surface area contributed by atoms with E-state index in [-0.39, 0.29) is 11.5 Å². The molecule has 4 rings (SSSR count). The van der Waals surface area contributed by atoms with Crippen LogP contribution in [0.3, 0.4) is 0 Å². The first-order valence-electron chi connectivity index (χ1n) is 9.88. The first-order chi connectivity index (χ1) is 15.5. The van der Waals surface area contributed by atoms with Crippen molar-refractivity contribution in [1.29, 1.82) is 0 Å². The smallest absolute Gasteiger partial charge is 0.337 e. The normalized spacial score (nSPS) is 15.7. The van der Waals surface area contributed by atoms with Gasteiger partial charge in [-0.15, -0.1) is 0 Å². The van der Waals surface area contributed by atoms with Gasteiger partial charge in [-0.1, -0.05) is 54.1 Å². The number of benzene rings is 3. The molecule has 160 valence electrons. The van der Waals surface area contributed by atoms with Gasteiger partial charge in [-0.2, -0.15) is 0 Å². The van der Waals surface area contributed by atoms with E-state index < -0.39 is 5.97 Å². The molecule has 0 unspecified atom stereocenters. The monoisotopic (exact) mass is 444 g/mol. The zero-order chi connectivity index (χ0) is 22.5. The average Bonchev–Trinajstić information content (AvgIpc) is 3.13. The van der Waals surface area contributed by atoms with Gasteiger partial charge in [0.25, 0.3) is 5.91 Å². The summed E-state index contributed by atoms with van der Waals surface area (Å²) >= 11 is 1.17. The summed E-state index contributed by atoms with van der Waals surface area (Å²) in [4.78, 5) is 28.5. The molecule has 1 aliphatic heterocycles. The lowest BCUT2D eigenvalue weighted by atomic mass is 10.1. The van der Waals surface area contributed by atoms with Crippen molar-refractivity contribution < 1.29 is 19.4 Å². The number of aryl methyl sites for hydroxylation is 1. The summed E-state index contributed by atoms with van der Waals surface area (Å²) < 4.78 is 5.82. The second-order valence-electron chi connectivity index (χ2n) is 7.15. The molecule has 0 spiro atoms. The van der Waals surface area contributed by atoms with Crippen molar-refractivity contribution in [3.63, 3.8) is 0 Å². The van der Waals surface area contributed by atoms with E-state index in [0.29, 0.717) is 22.4 Å². The van der Waals surface area contributed by atoms with E-state index in [1.54, 1.807) is 24.3 Å². The summed E-state index contributed by atoms with van der Waals surface area (Å²) in [6.45, 7) is 2.53. The van der Waals surface area contributed by atoms with E-state index in [4.69, 9.17) is 4.74 Å². The number of amidine groups is 1. The Bertz CT molecular complexity index is 1220. The Labute approximate surface area is 189 Å². The number of nitrogens with one attached hydrogen (secondary N) is 1. The molecule has 0 bridgehead atoms. The molecule has 7 heteroatoms. The molecule has 0 aromatic heterocycles. The van der Waals surface area contributed by atoms with Gasteiger partial charge in [0.2, 0.25) is 0 Å². The molecule has 0 atom stereocenters. The molecular weight excluding hydrogens is 424 g/mol. The molecule has 2 N–H and O–H groups in total. The molecule has 0 aliphatic carbocycles. The zero-order valence-electron chi connectivity index (χ0n) is 17.2. The van der Waals surface area contributed by atoms with E-state index in [1.807, 2.05) is 43.3 Å². The third-order valence-electron chi connectivity index (χ3n) is 4.71. The van der Waals surface area contributed by atoms with Gasteiger partial charge >= 0.3 is 5.97 Å². The maximum absolute atomic E-state index is 12.3. The number of carbonyl (C=O) groups excluding carboxylic acids is 1. The third-order valence-corrected chi connectivity index (χ3v) is 5.62. The first-order valence-corrected chi connectivity index (χ1v) is 10.7. The predicted octanol–water partition coefficient (Wildman–Crippen LogP) is 5.16. The lowest BCUT2D eigenvalue weighted by Crippen LogP contribution is -2.19. The van der Waals surface area contributed by atoms with Gasteiger partial charge in [-0.3, -0.25) is 4.79 Å². The predicted molar refractivity (Wildman–Crippen MR) is 126 cm³/mol. The van der Waals surface area contributed by atoms with E-state index in [0.717, 1.165) is 16.9 Å². The van der Waals surface area contributed by atoms with Crippen molar-refractivity contribution in [3.05, 3.63) is 100.0 Å². The highest BCUT2D eigenvalue weighted by Crippen LogP contribution is 2.29. The molecule has 1 saturated heterocycles. The van der Waals surface area contributed by atoms with Gasteiger partial charge in [0.1, 0.15) is 12.4 Å². The Kier molecular flexibility index (Phi) is 6.37. The van der Waals surface area contributed by atoms with Crippen molar-refractivity contribution in [2.24, 2.45) is 4.99 Å². The second-order valence-corrected chi connectivity index (χ2v) is 8.18. The van der Waals surface area contributed by atoms with E-state index in [1.165, 1.54) is 23.4 Å². The lowest BCUT2D eigenvalue weighted by Gasteiger charge is -2.07. The van der Waals surface area contributed by atoms with Crippen LogP contribution in [-0.2, 0) is 11.4 Å². The average molecular weight is 445 g/mol. The summed E-state index contributed by atoms with van der Waals surface area (Å²) in [5.74, 6) is -0.607. The number of carbonyl (C=O) groups is 2. The number of carboxylic acid groups (broad SMARTS) is 1. The minimum Gasteiger partial charge on any atom is -0.489 e. The number of aromatic carboxylic acids is 1. The Balaban J connectivity index is 1.43. The highest BCUT2D eigenvalue weighted by Gasteiger charge is 2.24. The molecule has 0 saturated carbocycles. The van der Waals surface area contributed by atoms with Crippen LogP contribution in [0.15, 0.2) is 82.7 Å². The van der Waals surface area contributed by atoms with E-state index >= 15 is 0 Å². The lowest BCUT2D eigenvalue weighted by molar-refractivity contribution is -0.115. The topological polar surface area (TPSA) is 88.0 Å². The number of thioether (sulfide) groups is 1. The molecule has 1 heterocycles. The molecule has 3 aromatic carbocycles. The summed E-state index contributed by atoms with van der Waals surface area (Å²) in [7, 11) is 0. The minimum atomic E-state index is -1.07. The zero-order valence-corrected chi connectivity index (χ0v) is 18.1. The van der Waals surface area contributed by atoms with Gasteiger partial charge in [0, 0.05) is 0 Å². The Morgan fingerprint density at radius 3 is 2.50 bits per heavy atom. The largest absolute Gasteiger partial charge is 0.489 e. The number of carboxylic acids is 1. The van der Waals surface area contributed by atoms with Gasteiger partial charge in [0.05, 0.1) is 16.2 Å². The van der Waals surface area contributed by atoms with Crippen LogP contribution >= 0.6 is 11.8 Å². The Morgan fingerprint density at radius 1 is 1.06 bits per heavy atom. The molecule has 1 aliphatic rings. The maximum Gasteiger partial charge on any atom is 0.337 e. The molecule has 6 nitrogen and oxygen atoms in total. The van der Waals surface area contributed by atoms with Crippen molar-refractivity contribution in [3.8, 4) is 5.75 Å². The number of ether oxygens (including phenoxy) is 1. The van der Waals surface area contributed by atoms with Gasteiger partial charge < -0.3 is 15.2 Å². The summed E-state index contributed by atoms with van der Waals surface area (Å²) in [6.07, 6.45) is 1.76. The molecule has 1 fully saturated rings. The number of para-hydroxylation sites is 1. The fourth-order valence-corrected chi connectivity index (χ4v) is 3.84. The highest BCUT2D eigenvalue weighted by molar-refractivity contribution is 8.18. The molecule has 1 amide bonds. The van der Waals surface area contributed by atoms with Crippen LogP contribution in [0.2, 0.25) is 0 Å². The van der Waals surface area contributed by atoms with Crippen molar-refractivity contribution in [1.82, 2.24) is 5.32 Å². The highest BCUT2D eigenvalue weighted by atomic mass is 32.2. The van der Waals surface area contributed by atoms with Crippen LogP contribution in [0.1, 0.15) is 27.0 Å². The van der Waals surface area contributed by atoms with E-state index in [2.05, 4.69) is 22.4 Å². The third kappa shape index (κ3) is 5.25. The molecule has 0 radical (unpaired) electrons. The summed E-state index contributed by atoms with van der Waals surface area (Å²) in [5.41, 5.74) is 3.52. The van der Waals surface area contributed by atoms with Gasteiger partial charge in [-0.25, -0.2) is 9.79 Å². The quantitative estimate of drug-likeness (QED) is 0.513. The molecule has 32 heavy (non-hydrogen) atoms. The summed E-state index contributed by atoms with van der Waals surface area (Å²) in [5, 5.41) is 12.3. The minimum absolute atomic E-state index is 0.0773. The summed E-state index contributed by atoms with van der Waals surface area (Å²) in [6, 6.07) is 22.1. The number of hydrogen-bond donors (Lipinski definition) is 2. The van der Waals surface area contributed by atoms with Crippen LogP contribution in [0, 0.1) is 6.92 Å². The van der Waals surface area contributed by atoms with Crippen LogP contribution in [0.4, 0.5) is 5.69 Å². The number of amides is 1. The first kappa shape index (κ1) is 21.4. The number of nitrogens with zero attached hydrogens (tertiary/aromatic N) is 1. The number of aliphatic imine (C=N–C) groups is 1.